The minimum absolute atomic E-state index is 0.129. The fourth-order valence-corrected chi connectivity index (χ4v) is 3.84. The summed E-state index contributed by atoms with van der Waals surface area (Å²) in [6.45, 7) is 0.983. The van der Waals surface area contributed by atoms with Crippen LogP contribution in [0.5, 0.6) is 17.4 Å². The number of piperidine rings is 1. The Labute approximate surface area is 191 Å². The average molecular weight is 448 g/mol. The fourth-order valence-electron chi connectivity index (χ4n) is 3.84. The van der Waals surface area contributed by atoms with Crippen molar-refractivity contribution in [2.45, 2.75) is 18.9 Å². The summed E-state index contributed by atoms with van der Waals surface area (Å²) >= 11 is 0. The van der Waals surface area contributed by atoms with Gasteiger partial charge >= 0.3 is 0 Å². The molecule has 1 fully saturated rings. The van der Waals surface area contributed by atoms with Gasteiger partial charge in [-0.3, -0.25) is 9.48 Å². The molecule has 1 aliphatic rings. The lowest BCUT2D eigenvalue weighted by Crippen LogP contribution is -2.45. The molecule has 1 aliphatic heterocycles. The van der Waals surface area contributed by atoms with E-state index in [0.717, 1.165) is 18.4 Å². The number of hydrogen-bond donors (Lipinski definition) is 0. The van der Waals surface area contributed by atoms with Crippen molar-refractivity contribution in [2.75, 3.05) is 27.3 Å². The molecule has 10 heteroatoms. The van der Waals surface area contributed by atoms with Crippen LogP contribution in [-0.2, 0) is 7.05 Å². The van der Waals surface area contributed by atoms with Gasteiger partial charge < -0.3 is 19.1 Å². The molecule has 0 spiro atoms. The van der Waals surface area contributed by atoms with Crippen LogP contribution < -0.4 is 14.2 Å². The van der Waals surface area contributed by atoms with E-state index in [9.17, 15) is 10.1 Å². The van der Waals surface area contributed by atoms with Crippen molar-refractivity contribution in [1.82, 2.24) is 24.6 Å². The number of aromatic nitrogens is 4. The third-order valence-corrected chi connectivity index (χ3v) is 5.50. The van der Waals surface area contributed by atoms with Crippen molar-refractivity contribution < 1.29 is 19.0 Å². The smallest absolute Gasteiger partial charge is 0.272 e. The summed E-state index contributed by atoms with van der Waals surface area (Å²) in [6, 6.07) is 9.17. The lowest BCUT2D eigenvalue weighted by Gasteiger charge is -2.32. The molecule has 0 radical (unpaired) electrons. The van der Waals surface area contributed by atoms with Gasteiger partial charge in [0.05, 0.1) is 26.5 Å². The zero-order chi connectivity index (χ0) is 23.4. The molecule has 10 nitrogen and oxygen atoms in total. The normalized spacial score (nSPS) is 15.6. The van der Waals surface area contributed by atoms with E-state index < -0.39 is 0 Å². The van der Waals surface area contributed by atoms with Gasteiger partial charge in [-0.15, -0.1) is 0 Å². The Morgan fingerprint density at radius 1 is 1.18 bits per heavy atom. The third kappa shape index (κ3) is 4.57. The Kier molecular flexibility index (Phi) is 6.40. The first-order valence-corrected chi connectivity index (χ1v) is 10.5. The standard InChI is InChI=1S/C23H24N6O4/c1-28-20(12-18(27-28)17-11-15(31-2)6-7-21(17)32-3)23(30)29-10-4-5-16(14-29)33-22-19(13-24)25-8-9-26-22/h6-9,11-12,16H,4-5,10,14H2,1-3H3. The Bertz CT molecular complexity index is 1200. The van der Waals surface area contributed by atoms with Gasteiger partial charge in [0, 0.05) is 31.5 Å². The number of nitrogens with zero attached hydrogens (tertiary/aromatic N) is 6. The number of benzene rings is 1. The maximum Gasteiger partial charge on any atom is 0.272 e. The second-order valence-corrected chi connectivity index (χ2v) is 7.56. The highest BCUT2D eigenvalue weighted by Gasteiger charge is 2.29. The molecule has 1 atom stereocenters. The van der Waals surface area contributed by atoms with Gasteiger partial charge in [0.2, 0.25) is 5.69 Å². The highest BCUT2D eigenvalue weighted by molar-refractivity contribution is 5.94. The predicted octanol–water partition coefficient (Wildman–Crippen LogP) is 2.45. The van der Waals surface area contributed by atoms with Crippen LogP contribution in [0.2, 0.25) is 0 Å². The molecule has 0 N–H and O–H groups in total. The molecule has 2 aromatic heterocycles. The number of aryl methyl sites for hydroxylation is 1. The Morgan fingerprint density at radius 3 is 2.76 bits per heavy atom. The number of amides is 1. The van der Waals surface area contributed by atoms with E-state index in [1.54, 1.807) is 49.0 Å². The summed E-state index contributed by atoms with van der Waals surface area (Å²) < 4.78 is 18.3. The van der Waals surface area contributed by atoms with Gasteiger partial charge in [0.25, 0.3) is 11.8 Å². The molecule has 3 aromatic rings. The third-order valence-electron chi connectivity index (χ3n) is 5.50. The molecule has 0 aliphatic carbocycles. The summed E-state index contributed by atoms with van der Waals surface area (Å²) in [6.07, 6.45) is 4.17. The van der Waals surface area contributed by atoms with E-state index in [1.165, 1.54) is 12.4 Å². The van der Waals surface area contributed by atoms with Crippen LogP contribution in [-0.4, -0.2) is 64.0 Å². The lowest BCUT2D eigenvalue weighted by atomic mass is 10.1. The number of carbonyl (C=O) groups is 1. The van der Waals surface area contributed by atoms with Gasteiger partial charge in [-0.05, 0) is 37.1 Å². The van der Waals surface area contributed by atoms with Crippen LogP contribution >= 0.6 is 0 Å². The van der Waals surface area contributed by atoms with E-state index in [2.05, 4.69) is 15.1 Å². The summed E-state index contributed by atoms with van der Waals surface area (Å²) in [4.78, 5) is 23.2. The van der Waals surface area contributed by atoms with Crippen molar-refractivity contribution in [1.29, 1.82) is 5.26 Å². The fraction of sp³-hybridized carbons (Fsp3) is 0.348. The number of ether oxygens (including phenoxy) is 3. The summed E-state index contributed by atoms with van der Waals surface area (Å²) in [5.41, 5.74) is 1.93. The van der Waals surface area contributed by atoms with E-state index in [-0.39, 0.29) is 23.6 Å². The second kappa shape index (κ2) is 9.56. The van der Waals surface area contributed by atoms with E-state index in [1.807, 2.05) is 12.1 Å². The van der Waals surface area contributed by atoms with Gasteiger partial charge in [-0.1, -0.05) is 0 Å². The van der Waals surface area contributed by atoms with Gasteiger partial charge in [-0.25, -0.2) is 9.97 Å². The topological polar surface area (TPSA) is 115 Å². The second-order valence-electron chi connectivity index (χ2n) is 7.56. The first kappa shape index (κ1) is 22.1. The Hall–Kier alpha value is -4.13. The molecule has 1 aromatic carbocycles. The van der Waals surface area contributed by atoms with Crippen LogP contribution in [0.25, 0.3) is 11.3 Å². The van der Waals surface area contributed by atoms with Crippen molar-refractivity contribution >= 4 is 5.91 Å². The largest absolute Gasteiger partial charge is 0.497 e. The van der Waals surface area contributed by atoms with Gasteiger partial charge in [0.1, 0.15) is 29.4 Å². The molecule has 1 saturated heterocycles. The number of likely N-dealkylation sites (tertiary alicyclic amines) is 1. The van der Waals surface area contributed by atoms with Crippen molar-refractivity contribution in [3.8, 4) is 34.7 Å². The quantitative estimate of drug-likeness (QED) is 0.565. The Morgan fingerprint density at radius 2 is 2.00 bits per heavy atom. The molecular formula is C23H24N6O4. The molecule has 3 heterocycles. The van der Waals surface area contributed by atoms with E-state index in [4.69, 9.17) is 14.2 Å². The first-order chi connectivity index (χ1) is 16.0. The lowest BCUT2D eigenvalue weighted by molar-refractivity contribution is 0.0516. The van der Waals surface area contributed by atoms with Crippen LogP contribution in [0.3, 0.4) is 0 Å². The monoisotopic (exact) mass is 448 g/mol. The van der Waals surface area contributed by atoms with Crippen molar-refractivity contribution in [3.05, 3.63) is 48.0 Å². The molecule has 0 bridgehead atoms. The number of nitriles is 1. The Balaban J connectivity index is 1.54. The number of rotatable bonds is 6. The van der Waals surface area contributed by atoms with E-state index in [0.29, 0.717) is 36.0 Å². The highest BCUT2D eigenvalue weighted by atomic mass is 16.5. The zero-order valence-electron chi connectivity index (χ0n) is 18.7. The summed E-state index contributed by atoms with van der Waals surface area (Å²) in [5, 5.41) is 13.7. The number of methoxy groups -OCH3 is 2. The summed E-state index contributed by atoms with van der Waals surface area (Å²) in [7, 11) is 4.91. The molecule has 170 valence electrons. The zero-order valence-corrected chi connectivity index (χ0v) is 18.7. The molecule has 33 heavy (non-hydrogen) atoms. The molecule has 1 unspecified atom stereocenters. The molecule has 0 saturated carbocycles. The summed E-state index contributed by atoms with van der Waals surface area (Å²) in [5.74, 6) is 1.34. The molecule has 1 amide bonds. The van der Waals surface area contributed by atoms with Crippen molar-refractivity contribution in [2.24, 2.45) is 7.05 Å². The maximum absolute atomic E-state index is 13.3. The van der Waals surface area contributed by atoms with E-state index >= 15 is 0 Å². The minimum atomic E-state index is -0.280. The maximum atomic E-state index is 13.3. The first-order valence-electron chi connectivity index (χ1n) is 10.5. The highest BCUT2D eigenvalue weighted by Crippen LogP contribution is 2.33. The van der Waals surface area contributed by atoms with Crippen LogP contribution in [0.4, 0.5) is 0 Å². The minimum Gasteiger partial charge on any atom is -0.497 e. The molecular weight excluding hydrogens is 424 g/mol. The molecule has 4 rings (SSSR count). The predicted molar refractivity (Wildman–Crippen MR) is 118 cm³/mol. The SMILES string of the molecule is COc1ccc(OC)c(-c2cc(C(=O)N3CCCC(Oc4nccnc4C#N)C3)n(C)n2)c1. The van der Waals surface area contributed by atoms with Crippen LogP contribution in [0, 0.1) is 11.3 Å². The average Bonchev–Trinajstić information content (AvgIpc) is 3.25. The number of carbonyl (C=O) groups excluding carboxylic acids is 1. The van der Waals surface area contributed by atoms with Gasteiger partial charge in [-0.2, -0.15) is 10.4 Å². The van der Waals surface area contributed by atoms with Crippen LogP contribution in [0.15, 0.2) is 36.7 Å². The van der Waals surface area contributed by atoms with Gasteiger partial charge in [0.15, 0.2) is 0 Å². The van der Waals surface area contributed by atoms with Crippen molar-refractivity contribution in [3.63, 3.8) is 0 Å². The number of hydrogen-bond acceptors (Lipinski definition) is 8. The van der Waals surface area contributed by atoms with Crippen LogP contribution in [0.1, 0.15) is 29.0 Å².